The first-order valence-electron chi connectivity index (χ1n) is 9.14. The van der Waals surface area contributed by atoms with Crippen molar-refractivity contribution in [1.82, 2.24) is 15.1 Å². The zero-order chi connectivity index (χ0) is 18.5. The molecule has 26 heavy (non-hydrogen) atoms. The summed E-state index contributed by atoms with van der Waals surface area (Å²) in [6, 6.07) is 6.67. The quantitative estimate of drug-likeness (QED) is 0.840. The van der Waals surface area contributed by atoms with E-state index >= 15 is 0 Å². The molecule has 0 spiro atoms. The first-order valence-corrected chi connectivity index (χ1v) is 9.14. The highest BCUT2D eigenvalue weighted by Gasteiger charge is 2.41. The van der Waals surface area contributed by atoms with Gasteiger partial charge in [0.1, 0.15) is 11.8 Å². The molecule has 3 rings (SSSR count). The number of amides is 2. The van der Waals surface area contributed by atoms with Crippen LogP contribution >= 0.6 is 0 Å². The van der Waals surface area contributed by atoms with E-state index in [1.54, 1.807) is 14.2 Å². The zero-order valence-electron chi connectivity index (χ0n) is 15.4. The van der Waals surface area contributed by atoms with E-state index in [0.29, 0.717) is 38.6 Å². The summed E-state index contributed by atoms with van der Waals surface area (Å²) in [5.41, 5.74) is 0.788. The summed E-state index contributed by atoms with van der Waals surface area (Å²) in [6.45, 7) is 3.08. The van der Waals surface area contributed by atoms with Crippen LogP contribution in [-0.2, 0) is 14.3 Å². The maximum absolute atomic E-state index is 13.1. The molecular formula is C19H27N3O4. The lowest BCUT2D eigenvalue weighted by Gasteiger charge is -2.36. The molecule has 2 heterocycles. The molecular weight excluding hydrogens is 334 g/mol. The maximum Gasteiger partial charge on any atom is 0.241 e. The first kappa shape index (κ1) is 18.7. The number of likely N-dealkylation sites (tertiary alicyclic amines) is 1. The van der Waals surface area contributed by atoms with Gasteiger partial charge in [0.2, 0.25) is 11.8 Å². The number of hydrogen-bond donors (Lipinski definition) is 1. The fourth-order valence-corrected chi connectivity index (χ4v) is 3.86. The molecule has 0 radical (unpaired) electrons. The Morgan fingerprint density at radius 3 is 2.65 bits per heavy atom. The SMILES string of the molecule is CNC(=O)[C@@H](c1ccccc1OC)N1CCC[C@H]1C(=O)N1CCOCC1. The van der Waals surface area contributed by atoms with Crippen molar-refractivity contribution in [1.29, 1.82) is 0 Å². The Hall–Kier alpha value is -2.12. The monoisotopic (exact) mass is 361 g/mol. The van der Waals surface area contributed by atoms with Crippen LogP contribution in [0.15, 0.2) is 24.3 Å². The number of nitrogens with one attached hydrogen (secondary N) is 1. The predicted octanol–water partition coefficient (Wildman–Crippen LogP) is 0.806. The summed E-state index contributed by atoms with van der Waals surface area (Å²) in [5.74, 6) is 0.622. The minimum absolute atomic E-state index is 0.0922. The summed E-state index contributed by atoms with van der Waals surface area (Å²) in [5, 5.41) is 2.75. The van der Waals surface area contributed by atoms with Gasteiger partial charge < -0.3 is 19.7 Å². The fraction of sp³-hybridized carbons (Fsp3) is 0.579. The summed E-state index contributed by atoms with van der Waals surface area (Å²) < 4.78 is 10.8. The standard InChI is InChI=1S/C19H27N3O4/c1-20-18(23)17(14-6-3-4-8-16(14)25-2)22-9-5-7-15(22)19(24)21-10-12-26-13-11-21/h3-4,6,8,15,17H,5,7,9-13H2,1-2H3,(H,20,23)/t15-,17+/m0/s1. The Morgan fingerprint density at radius 2 is 1.96 bits per heavy atom. The molecule has 0 aliphatic carbocycles. The Bertz CT molecular complexity index is 645. The topological polar surface area (TPSA) is 71.1 Å². The second kappa shape index (κ2) is 8.51. The summed E-state index contributed by atoms with van der Waals surface area (Å²) in [4.78, 5) is 29.7. The Morgan fingerprint density at radius 1 is 1.23 bits per heavy atom. The molecule has 2 aliphatic rings. The Balaban J connectivity index is 1.90. The summed E-state index contributed by atoms with van der Waals surface area (Å²) >= 11 is 0. The van der Waals surface area contributed by atoms with Crippen molar-refractivity contribution < 1.29 is 19.1 Å². The van der Waals surface area contributed by atoms with E-state index in [9.17, 15) is 9.59 Å². The highest BCUT2D eigenvalue weighted by molar-refractivity contribution is 5.87. The van der Waals surface area contributed by atoms with E-state index in [-0.39, 0.29) is 17.9 Å². The van der Waals surface area contributed by atoms with E-state index in [1.807, 2.05) is 34.1 Å². The molecule has 0 bridgehead atoms. The van der Waals surface area contributed by atoms with E-state index in [2.05, 4.69) is 5.32 Å². The van der Waals surface area contributed by atoms with Crippen molar-refractivity contribution in [2.45, 2.75) is 24.9 Å². The van der Waals surface area contributed by atoms with Gasteiger partial charge in [0.25, 0.3) is 0 Å². The number of likely N-dealkylation sites (N-methyl/N-ethyl adjacent to an activating group) is 1. The van der Waals surface area contributed by atoms with Gasteiger partial charge in [0, 0.05) is 32.2 Å². The van der Waals surface area contributed by atoms with Gasteiger partial charge in [-0.05, 0) is 18.9 Å². The molecule has 2 atom stereocenters. The van der Waals surface area contributed by atoms with Gasteiger partial charge in [0.15, 0.2) is 0 Å². The van der Waals surface area contributed by atoms with Crippen LogP contribution < -0.4 is 10.1 Å². The number of morpholine rings is 1. The number of ether oxygens (including phenoxy) is 2. The number of benzene rings is 1. The van der Waals surface area contributed by atoms with Crippen LogP contribution in [-0.4, -0.2) is 74.7 Å². The molecule has 1 N–H and O–H groups in total. The average Bonchev–Trinajstić information content (AvgIpc) is 3.17. The molecule has 1 aromatic carbocycles. The van der Waals surface area contributed by atoms with Crippen LogP contribution in [0.2, 0.25) is 0 Å². The normalized spacial score (nSPS) is 22.1. The van der Waals surface area contributed by atoms with Crippen molar-refractivity contribution in [3.05, 3.63) is 29.8 Å². The molecule has 2 fully saturated rings. The van der Waals surface area contributed by atoms with Crippen LogP contribution in [0.25, 0.3) is 0 Å². The van der Waals surface area contributed by atoms with E-state index in [1.165, 1.54) is 0 Å². The van der Waals surface area contributed by atoms with Crippen LogP contribution in [0.4, 0.5) is 0 Å². The molecule has 2 amide bonds. The van der Waals surface area contributed by atoms with Gasteiger partial charge in [-0.2, -0.15) is 0 Å². The largest absolute Gasteiger partial charge is 0.496 e. The molecule has 1 aromatic rings. The minimum Gasteiger partial charge on any atom is -0.496 e. The predicted molar refractivity (Wildman–Crippen MR) is 96.9 cm³/mol. The highest BCUT2D eigenvalue weighted by atomic mass is 16.5. The first-order chi connectivity index (χ1) is 12.7. The highest BCUT2D eigenvalue weighted by Crippen LogP contribution is 2.35. The molecule has 2 saturated heterocycles. The van der Waals surface area contributed by atoms with Gasteiger partial charge in [-0.1, -0.05) is 18.2 Å². The smallest absolute Gasteiger partial charge is 0.241 e. The number of nitrogens with zero attached hydrogens (tertiary/aromatic N) is 2. The molecule has 7 nitrogen and oxygen atoms in total. The lowest BCUT2D eigenvalue weighted by molar-refractivity contribution is -0.142. The van der Waals surface area contributed by atoms with Gasteiger partial charge in [-0.3, -0.25) is 14.5 Å². The number of carbonyl (C=O) groups excluding carboxylic acids is 2. The zero-order valence-corrected chi connectivity index (χ0v) is 15.4. The Labute approximate surface area is 154 Å². The van der Waals surface area contributed by atoms with Crippen LogP contribution in [0.3, 0.4) is 0 Å². The molecule has 0 aromatic heterocycles. The van der Waals surface area contributed by atoms with Gasteiger partial charge in [0.05, 0.1) is 26.4 Å². The second-order valence-corrected chi connectivity index (χ2v) is 6.59. The van der Waals surface area contributed by atoms with E-state index < -0.39 is 6.04 Å². The molecule has 142 valence electrons. The lowest BCUT2D eigenvalue weighted by atomic mass is 10.0. The number of rotatable bonds is 5. The molecule has 2 aliphatic heterocycles. The van der Waals surface area contributed by atoms with Crippen LogP contribution in [0.1, 0.15) is 24.4 Å². The van der Waals surface area contributed by atoms with Crippen molar-refractivity contribution in [3.63, 3.8) is 0 Å². The third-order valence-corrected chi connectivity index (χ3v) is 5.16. The molecule has 0 unspecified atom stereocenters. The van der Waals surface area contributed by atoms with E-state index in [4.69, 9.17) is 9.47 Å². The number of methoxy groups -OCH3 is 1. The van der Waals surface area contributed by atoms with Crippen molar-refractivity contribution in [3.8, 4) is 5.75 Å². The maximum atomic E-state index is 13.1. The van der Waals surface area contributed by atoms with Gasteiger partial charge >= 0.3 is 0 Å². The average molecular weight is 361 g/mol. The third-order valence-electron chi connectivity index (χ3n) is 5.16. The van der Waals surface area contributed by atoms with Crippen LogP contribution in [0, 0.1) is 0 Å². The van der Waals surface area contributed by atoms with Crippen molar-refractivity contribution in [2.75, 3.05) is 47.0 Å². The minimum atomic E-state index is -0.548. The van der Waals surface area contributed by atoms with Gasteiger partial charge in [-0.15, -0.1) is 0 Å². The fourth-order valence-electron chi connectivity index (χ4n) is 3.86. The van der Waals surface area contributed by atoms with Crippen LogP contribution in [0.5, 0.6) is 5.75 Å². The number of carbonyl (C=O) groups is 2. The molecule has 7 heteroatoms. The van der Waals surface area contributed by atoms with E-state index in [0.717, 1.165) is 18.4 Å². The lowest BCUT2D eigenvalue weighted by Crippen LogP contribution is -2.52. The van der Waals surface area contributed by atoms with Crippen molar-refractivity contribution in [2.24, 2.45) is 0 Å². The summed E-state index contributed by atoms with van der Waals surface area (Å²) in [6.07, 6.45) is 1.65. The number of para-hydroxylation sites is 1. The van der Waals surface area contributed by atoms with Gasteiger partial charge in [-0.25, -0.2) is 0 Å². The third kappa shape index (κ3) is 3.68. The Kier molecular flexibility index (Phi) is 6.11. The molecule has 0 saturated carbocycles. The second-order valence-electron chi connectivity index (χ2n) is 6.59. The summed E-state index contributed by atoms with van der Waals surface area (Å²) in [7, 11) is 3.22. The van der Waals surface area contributed by atoms with Crippen molar-refractivity contribution >= 4 is 11.8 Å². The number of hydrogen-bond acceptors (Lipinski definition) is 5.